The number of fused-ring (bicyclic) bond motifs is 4. The third-order valence-electron chi connectivity index (χ3n) is 8.09. The van der Waals surface area contributed by atoms with Crippen molar-refractivity contribution in [1.82, 2.24) is 0 Å². The Morgan fingerprint density at radius 1 is 0.939 bits per heavy atom. The van der Waals surface area contributed by atoms with Gasteiger partial charge in [-0.1, -0.05) is 79.0 Å². The molecule has 2 aliphatic heterocycles. The van der Waals surface area contributed by atoms with Crippen molar-refractivity contribution in [2.45, 2.75) is 40.2 Å². The molecule has 0 spiro atoms. The van der Waals surface area contributed by atoms with Crippen LogP contribution in [0.25, 0.3) is 5.57 Å². The standard InChI is InChI=1S/C30H29BN2/c1-19(32-5)18-23-20(2)30(3,4)27-22-14-11-17-26-28(22)31(29(23)27)24-15-9-10-16-25(24)33(26)21-12-7-6-8-13-21/h6-17,19H,5,18H2,1-4H3. The summed E-state index contributed by atoms with van der Waals surface area (Å²) in [5, 5.41) is 0. The molecule has 0 fully saturated rings. The number of hydrogen-bond acceptors (Lipinski definition) is 2. The van der Waals surface area contributed by atoms with Gasteiger partial charge >= 0.3 is 0 Å². The summed E-state index contributed by atoms with van der Waals surface area (Å²) in [6.07, 6.45) is 0.946. The molecule has 0 saturated heterocycles. The molecule has 0 radical (unpaired) electrons. The maximum absolute atomic E-state index is 4.36. The van der Waals surface area contributed by atoms with Crippen molar-refractivity contribution in [3.05, 3.63) is 95.0 Å². The zero-order valence-corrected chi connectivity index (χ0v) is 19.9. The van der Waals surface area contributed by atoms with Crippen molar-refractivity contribution < 1.29 is 0 Å². The molecule has 0 saturated carbocycles. The van der Waals surface area contributed by atoms with Crippen LogP contribution in [0, 0.1) is 5.41 Å². The van der Waals surface area contributed by atoms with E-state index in [4.69, 9.17) is 0 Å². The Balaban J connectivity index is 1.65. The highest BCUT2D eigenvalue weighted by molar-refractivity contribution is 6.97. The van der Waals surface area contributed by atoms with Crippen LogP contribution >= 0.6 is 0 Å². The number of aliphatic imine (C=N–C) groups is 1. The van der Waals surface area contributed by atoms with Gasteiger partial charge in [-0.15, -0.1) is 0 Å². The van der Waals surface area contributed by atoms with E-state index < -0.39 is 0 Å². The highest BCUT2D eigenvalue weighted by Crippen LogP contribution is 2.57. The zero-order valence-electron chi connectivity index (χ0n) is 19.9. The van der Waals surface area contributed by atoms with Crippen LogP contribution in [-0.4, -0.2) is 19.5 Å². The average molecular weight is 428 g/mol. The molecule has 2 nitrogen and oxygen atoms in total. The smallest absolute Gasteiger partial charge is 0.248 e. The molecule has 1 atom stereocenters. The van der Waals surface area contributed by atoms with Crippen molar-refractivity contribution in [3.8, 4) is 0 Å². The minimum atomic E-state index is 0.00450. The second-order valence-electron chi connectivity index (χ2n) is 10.2. The lowest BCUT2D eigenvalue weighted by atomic mass is 9.35. The number of nitrogens with zero attached hydrogens (tertiary/aromatic N) is 2. The molecule has 0 aromatic heterocycles. The van der Waals surface area contributed by atoms with Gasteiger partial charge in [0.2, 0.25) is 6.71 Å². The molecule has 3 heteroatoms. The third-order valence-corrected chi connectivity index (χ3v) is 8.09. The van der Waals surface area contributed by atoms with E-state index in [1.807, 2.05) is 0 Å². The van der Waals surface area contributed by atoms with E-state index in [0.29, 0.717) is 0 Å². The first kappa shape index (κ1) is 20.3. The third kappa shape index (κ3) is 2.65. The maximum atomic E-state index is 4.36. The second kappa shape index (κ2) is 7.09. The van der Waals surface area contributed by atoms with E-state index in [1.54, 1.807) is 0 Å². The van der Waals surface area contributed by atoms with Gasteiger partial charge in [0.1, 0.15) is 0 Å². The van der Waals surface area contributed by atoms with Gasteiger partial charge in [-0.2, -0.15) is 0 Å². The summed E-state index contributed by atoms with van der Waals surface area (Å²) in [5.41, 5.74) is 14.1. The van der Waals surface area contributed by atoms with Crippen LogP contribution in [0.3, 0.4) is 0 Å². The fourth-order valence-corrected chi connectivity index (χ4v) is 6.32. The van der Waals surface area contributed by atoms with Crippen molar-refractivity contribution in [1.29, 1.82) is 0 Å². The largest absolute Gasteiger partial charge is 0.312 e. The number of allylic oxidation sites excluding steroid dienone is 3. The summed E-state index contributed by atoms with van der Waals surface area (Å²) in [6, 6.07) is 26.8. The van der Waals surface area contributed by atoms with Gasteiger partial charge in [-0.05, 0) is 73.3 Å². The van der Waals surface area contributed by atoms with Gasteiger partial charge < -0.3 is 4.90 Å². The van der Waals surface area contributed by atoms with Gasteiger partial charge in [0.15, 0.2) is 0 Å². The Morgan fingerprint density at radius 3 is 2.39 bits per heavy atom. The minimum Gasteiger partial charge on any atom is -0.312 e. The number of anilines is 3. The van der Waals surface area contributed by atoms with Gasteiger partial charge in [-0.25, -0.2) is 0 Å². The van der Waals surface area contributed by atoms with Crippen LogP contribution in [0.4, 0.5) is 17.1 Å². The summed E-state index contributed by atoms with van der Waals surface area (Å²) < 4.78 is 0. The van der Waals surface area contributed by atoms with Crippen LogP contribution in [0.5, 0.6) is 0 Å². The molecular weight excluding hydrogens is 399 g/mol. The highest BCUT2D eigenvalue weighted by Gasteiger charge is 2.51. The van der Waals surface area contributed by atoms with E-state index in [-0.39, 0.29) is 18.2 Å². The van der Waals surface area contributed by atoms with E-state index in [9.17, 15) is 0 Å². The molecular formula is C30H29BN2. The fourth-order valence-electron chi connectivity index (χ4n) is 6.32. The average Bonchev–Trinajstić information content (AvgIpc) is 3.28. The normalized spacial score (nSPS) is 18.3. The van der Waals surface area contributed by atoms with Crippen LogP contribution in [0.1, 0.15) is 39.7 Å². The zero-order chi connectivity index (χ0) is 22.9. The summed E-state index contributed by atoms with van der Waals surface area (Å²) in [7, 11) is 0. The van der Waals surface area contributed by atoms with Gasteiger partial charge in [-0.3, -0.25) is 4.99 Å². The SMILES string of the molecule is C=NC(C)CC1=C(C)C(C)(C)C2=C1B1c3ccccc3N(c3ccccc3)c3cccc2c31. The molecule has 3 aromatic carbocycles. The molecule has 3 aliphatic rings. The van der Waals surface area contributed by atoms with Gasteiger partial charge in [0, 0.05) is 22.5 Å². The highest BCUT2D eigenvalue weighted by atomic mass is 15.1. The molecule has 0 amide bonds. The molecule has 3 aromatic rings. The van der Waals surface area contributed by atoms with Crippen LogP contribution < -0.4 is 15.8 Å². The van der Waals surface area contributed by atoms with Gasteiger partial charge in [0.25, 0.3) is 0 Å². The maximum Gasteiger partial charge on any atom is 0.248 e. The number of hydrogen-bond donors (Lipinski definition) is 0. The molecule has 0 bridgehead atoms. The van der Waals surface area contributed by atoms with Crippen molar-refractivity contribution in [3.63, 3.8) is 0 Å². The monoisotopic (exact) mass is 428 g/mol. The van der Waals surface area contributed by atoms with E-state index in [2.05, 4.69) is 117 Å². The predicted octanol–water partition coefficient (Wildman–Crippen LogP) is 6.22. The summed E-state index contributed by atoms with van der Waals surface area (Å²) in [6.45, 7) is 13.4. The molecule has 1 unspecified atom stereocenters. The molecule has 162 valence electrons. The minimum absolute atomic E-state index is 0.00450. The number of rotatable bonds is 4. The quantitative estimate of drug-likeness (QED) is 0.356. The van der Waals surface area contributed by atoms with Crippen molar-refractivity contribution in [2.75, 3.05) is 4.90 Å². The number of para-hydroxylation sites is 2. The summed E-state index contributed by atoms with van der Waals surface area (Å²) in [5.74, 6) is 0. The van der Waals surface area contributed by atoms with Crippen LogP contribution in [0.15, 0.2) is 94.4 Å². The van der Waals surface area contributed by atoms with Crippen molar-refractivity contribution >= 4 is 47.0 Å². The molecule has 0 N–H and O–H groups in total. The first-order chi connectivity index (χ1) is 15.9. The van der Waals surface area contributed by atoms with E-state index in [0.717, 1.165) is 6.42 Å². The predicted molar refractivity (Wildman–Crippen MR) is 143 cm³/mol. The summed E-state index contributed by atoms with van der Waals surface area (Å²) in [4.78, 5) is 6.81. The first-order valence-corrected chi connectivity index (χ1v) is 11.9. The Morgan fingerprint density at radius 2 is 1.64 bits per heavy atom. The lowest BCUT2D eigenvalue weighted by molar-refractivity contribution is 0.604. The number of benzene rings is 3. The Bertz CT molecular complexity index is 1360. The molecule has 2 heterocycles. The second-order valence-corrected chi connectivity index (χ2v) is 10.2. The Kier molecular flexibility index (Phi) is 4.36. The molecule has 6 rings (SSSR count). The van der Waals surface area contributed by atoms with Gasteiger partial charge in [0.05, 0.1) is 6.04 Å². The molecule has 1 aliphatic carbocycles. The lowest BCUT2D eigenvalue weighted by Crippen LogP contribution is -2.50. The lowest BCUT2D eigenvalue weighted by Gasteiger charge is -2.37. The van der Waals surface area contributed by atoms with Crippen LogP contribution in [0.2, 0.25) is 0 Å². The topological polar surface area (TPSA) is 15.6 Å². The van der Waals surface area contributed by atoms with Crippen LogP contribution in [-0.2, 0) is 0 Å². The first-order valence-electron chi connectivity index (χ1n) is 11.9. The van der Waals surface area contributed by atoms with E-state index in [1.165, 1.54) is 55.7 Å². The fraction of sp³-hybridized carbons (Fsp3) is 0.233. The Labute approximate surface area is 197 Å². The molecule has 33 heavy (non-hydrogen) atoms. The summed E-state index contributed by atoms with van der Waals surface area (Å²) >= 11 is 0. The Hall–Kier alpha value is -3.33. The van der Waals surface area contributed by atoms with E-state index >= 15 is 0 Å². The van der Waals surface area contributed by atoms with Crippen molar-refractivity contribution in [2.24, 2.45) is 10.4 Å².